The summed E-state index contributed by atoms with van der Waals surface area (Å²) in [5, 5.41) is 16.5. The summed E-state index contributed by atoms with van der Waals surface area (Å²) in [7, 11) is 0. The smallest absolute Gasteiger partial charge is 0.137 e. The van der Waals surface area contributed by atoms with Gasteiger partial charge in [0.05, 0.1) is 6.07 Å². The van der Waals surface area contributed by atoms with Gasteiger partial charge < -0.3 is 0 Å². The number of nitriles is 1. The molecule has 5 nitrogen and oxygen atoms in total. The fourth-order valence-corrected chi connectivity index (χ4v) is 1.52. The van der Waals surface area contributed by atoms with Crippen LogP contribution in [0.3, 0.4) is 0 Å². The lowest BCUT2D eigenvalue weighted by molar-refractivity contribution is 0.379. The first-order valence-corrected chi connectivity index (χ1v) is 5.23. The van der Waals surface area contributed by atoms with Gasteiger partial charge in [0.2, 0.25) is 0 Å². The fraction of sp³-hybridized carbons (Fsp3) is 0.700. The van der Waals surface area contributed by atoms with Gasteiger partial charge in [0.15, 0.2) is 0 Å². The lowest BCUT2D eigenvalue weighted by Gasteiger charge is -2.22. The van der Waals surface area contributed by atoms with Crippen molar-refractivity contribution in [2.24, 2.45) is 0 Å². The van der Waals surface area contributed by atoms with Crippen LogP contribution >= 0.6 is 0 Å². The van der Waals surface area contributed by atoms with Crippen LogP contribution in [0.5, 0.6) is 0 Å². The van der Waals surface area contributed by atoms with E-state index in [-0.39, 0.29) is 0 Å². The maximum absolute atomic E-state index is 9.13. The minimum atomic E-state index is -0.437. The SMILES string of the molecule is CC(C#N)(CCn1cncn1)NC1CC1. The molecule has 0 spiro atoms. The van der Waals surface area contributed by atoms with Crippen molar-refractivity contribution in [2.45, 2.75) is 44.3 Å². The highest BCUT2D eigenvalue weighted by molar-refractivity contribution is 5.06. The summed E-state index contributed by atoms with van der Waals surface area (Å²) in [5.74, 6) is 0. The summed E-state index contributed by atoms with van der Waals surface area (Å²) in [4.78, 5) is 3.87. The average Bonchev–Trinajstić information content (AvgIpc) is 2.88. The van der Waals surface area contributed by atoms with Crippen LogP contribution in [-0.2, 0) is 6.54 Å². The molecule has 0 aliphatic heterocycles. The van der Waals surface area contributed by atoms with Crippen LogP contribution in [0.15, 0.2) is 12.7 Å². The molecule has 0 bridgehead atoms. The molecule has 0 amide bonds. The predicted molar refractivity (Wildman–Crippen MR) is 54.8 cm³/mol. The van der Waals surface area contributed by atoms with E-state index in [0.29, 0.717) is 6.04 Å². The molecule has 0 radical (unpaired) electrons. The third kappa shape index (κ3) is 2.77. The number of nitrogens with one attached hydrogen (secondary N) is 1. The van der Waals surface area contributed by atoms with Crippen molar-refractivity contribution in [3.8, 4) is 6.07 Å². The zero-order valence-corrected chi connectivity index (χ0v) is 8.85. The monoisotopic (exact) mass is 205 g/mol. The topological polar surface area (TPSA) is 66.5 Å². The largest absolute Gasteiger partial charge is 0.297 e. The first-order chi connectivity index (χ1) is 7.22. The Hall–Kier alpha value is -1.41. The zero-order valence-electron chi connectivity index (χ0n) is 8.85. The molecule has 80 valence electrons. The second-order valence-electron chi connectivity index (χ2n) is 4.27. The molecule has 1 atom stereocenters. The quantitative estimate of drug-likeness (QED) is 0.768. The van der Waals surface area contributed by atoms with Crippen LogP contribution in [0.25, 0.3) is 0 Å². The number of aromatic nitrogens is 3. The molecule has 1 saturated carbocycles. The van der Waals surface area contributed by atoms with Crippen molar-refractivity contribution in [3.63, 3.8) is 0 Å². The van der Waals surface area contributed by atoms with E-state index >= 15 is 0 Å². The van der Waals surface area contributed by atoms with Gasteiger partial charge in [0, 0.05) is 12.6 Å². The second-order valence-corrected chi connectivity index (χ2v) is 4.27. The maximum atomic E-state index is 9.13. The van der Waals surface area contributed by atoms with Crippen LogP contribution in [0.1, 0.15) is 26.2 Å². The lowest BCUT2D eigenvalue weighted by Crippen LogP contribution is -2.43. The molecule has 0 saturated heterocycles. The zero-order chi connectivity index (χ0) is 10.7. The Bertz CT molecular complexity index is 348. The summed E-state index contributed by atoms with van der Waals surface area (Å²) in [5.41, 5.74) is -0.437. The van der Waals surface area contributed by atoms with Crippen LogP contribution < -0.4 is 5.32 Å². The molecule has 2 rings (SSSR count). The van der Waals surface area contributed by atoms with Crippen LogP contribution in [0.4, 0.5) is 0 Å². The summed E-state index contributed by atoms with van der Waals surface area (Å²) >= 11 is 0. The normalized spacial score (nSPS) is 19.5. The Labute approximate surface area is 89.1 Å². The summed E-state index contributed by atoms with van der Waals surface area (Å²) < 4.78 is 1.75. The van der Waals surface area contributed by atoms with Gasteiger partial charge in [-0.1, -0.05) is 0 Å². The van der Waals surface area contributed by atoms with Gasteiger partial charge in [-0.15, -0.1) is 0 Å². The highest BCUT2D eigenvalue weighted by Crippen LogP contribution is 2.23. The highest BCUT2D eigenvalue weighted by Gasteiger charge is 2.32. The van der Waals surface area contributed by atoms with Gasteiger partial charge in [-0.05, 0) is 26.2 Å². The molecule has 1 aromatic heterocycles. The maximum Gasteiger partial charge on any atom is 0.137 e. The molecule has 1 fully saturated rings. The van der Waals surface area contributed by atoms with E-state index in [1.165, 1.54) is 19.2 Å². The molecule has 1 unspecified atom stereocenters. The van der Waals surface area contributed by atoms with Gasteiger partial charge in [0.1, 0.15) is 18.2 Å². The standard InChI is InChI=1S/C10H15N5/c1-10(6-11,14-9-2-3-9)4-5-15-8-12-7-13-15/h7-9,14H,2-5H2,1H3. The molecule has 5 heteroatoms. The Morgan fingerprint density at radius 3 is 3.00 bits per heavy atom. The molecule has 1 aliphatic rings. The minimum Gasteiger partial charge on any atom is -0.297 e. The number of nitrogens with zero attached hydrogens (tertiary/aromatic N) is 4. The summed E-state index contributed by atoms with van der Waals surface area (Å²) in [6.07, 6.45) is 6.33. The van der Waals surface area contributed by atoms with Crippen LogP contribution in [0.2, 0.25) is 0 Å². The Morgan fingerprint density at radius 1 is 1.67 bits per heavy atom. The molecular formula is C10H15N5. The number of hydrogen-bond acceptors (Lipinski definition) is 4. The van der Waals surface area contributed by atoms with Gasteiger partial charge in [0.25, 0.3) is 0 Å². The van der Waals surface area contributed by atoms with Crippen molar-refractivity contribution < 1.29 is 0 Å². The lowest BCUT2D eigenvalue weighted by atomic mass is 10.00. The highest BCUT2D eigenvalue weighted by atomic mass is 15.3. The molecule has 1 N–H and O–H groups in total. The van der Waals surface area contributed by atoms with Crippen LogP contribution in [0, 0.1) is 11.3 Å². The van der Waals surface area contributed by atoms with E-state index in [2.05, 4.69) is 21.5 Å². The van der Waals surface area contributed by atoms with E-state index in [1.807, 2.05) is 6.92 Å². The Balaban J connectivity index is 1.87. The van der Waals surface area contributed by atoms with Crippen molar-refractivity contribution in [2.75, 3.05) is 0 Å². The van der Waals surface area contributed by atoms with Gasteiger partial charge in [-0.2, -0.15) is 10.4 Å². The number of rotatable bonds is 5. The van der Waals surface area contributed by atoms with Crippen molar-refractivity contribution in [1.82, 2.24) is 20.1 Å². The number of aryl methyl sites for hydroxylation is 1. The van der Waals surface area contributed by atoms with Gasteiger partial charge in [-0.25, -0.2) is 4.98 Å². The molecule has 1 heterocycles. The third-order valence-electron chi connectivity index (χ3n) is 2.65. The van der Waals surface area contributed by atoms with Crippen molar-refractivity contribution >= 4 is 0 Å². The van der Waals surface area contributed by atoms with E-state index in [1.54, 1.807) is 11.0 Å². The van der Waals surface area contributed by atoms with Crippen LogP contribution in [-0.4, -0.2) is 26.3 Å². The van der Waals surface area contributed by atoms with E-state index < -0.39 is 5.54 Å². The average molecular weight is 205 g/mol. The van der Waals surface area contributed by atoms with Crippen molar-refractivity contribution in [1.29, 1.82) is 5.26 Å². The number of hydrogen-bond donors (Lipinski definition) is 1. The summed E-state index contributed by atoms with van der Waals surface area (Å²) in [6.45, 7) is 2.67. The summed E-state index contributed by atoms with van der Waals surface area (Å²) in [6, 6.07) is 2.89. The third-order valence-corrected chi connectivity index (χ3v) is 2.65. The minimum absolute atomic E-state index is 0.437. The first-order valence-electron chi connectivity index (χ1n) is 5.23. The molecule has 0 aromatic carbocycles. The van der Waals surface area contributed by atoms with E-state index in [4.69, 9.17) is 5.26 Å². The van der Waals surface area contributed by atoms with Gasteiger partial charge >= 0.3 is 0 Å². The molecule has 15 heavy (non-hydrogen) atoms. The Kier molecular flexibility index (Phi) is 2.69. The van der Waals surface area contributed by atoms with E-state index in [0.717, 1.165) is 13.0 Å². The van der Waals surface area contributed by atoms with Gasteiger partial charge in [-0.3, -0.25) is 10.00 Å². The fourth-order valence-electron chi connectivity index (χ4n) is 1.52. The second kappa shape index (κ2) is 3.99. The predicted octanol–water partition coefficient (Wildman–Crippen LogP) is 0.702. The molecule has 1 aliphatic carbocycles. The molecular weight excluding hydrogens is 190 g/mol. The Morgan fingerprint density at radius 2 is 2.47 bits per heavy atom. The van der Waals surface area contributed by atoms with Crippen molar-refractivity contribution in [3.05, 3.63) is 12.7 Å². The first kappa shape index (κ1) is 10.1. The molecule has 1 aromatic rings. The van der Waals surface area contributed by atoms with E-state index in [9.17, 15) is 0 Å².